The number of likely N-dealkylation sites (tertiary alicyclic amines) is 1. The van der Waals surface area contributed by atoms with Crippen LogP contribution in [0.5, 0.6) is 0 Å². The summed E-state index contributed by atoms with van der Waals surface area (Å²) in [6.45, 7) is 6.50. The first-order chi connectivity index (χ1) is 15.4. The third kappa shape index (κ3) is 5.09. The number of rotatable bonds is 4. The van der Waals surface area contributed by atoms with Crippen molar-refractivity contribution in [1.29, 1.82) is 0 Å². The lowest BCUT2D eigenvalue weighted by Crippen LogP contribution is -2.29. The van der Waals surface area contributed by atoms with Crippen LogP contribution in [0.25, 0.3) is 0 Å². The number of anilines is 2. The van der Waals surface area contributed by atoms with Gasteiger partial charge < -0.3 is 10.2 Å². The second-order valence-electron chi connectivity index (χ2n) is 8.54. The Kier molecular flexibility index (Phi) is 6.73. The van der Waals surface area contributed by atoms with Gasteiger partial charge in [-0.25, -0.2) is 15.0 Å². The fourth-order valence-corrected chi connectivity index (χ4v) is 4.19. The highest BCUT2D eigenvalue weighted by molar-refractivity contribution is 6.31. The molecule has 1 fully saturated rings. The first kappa shape index (κ1) is 22.3. The van der Waals surface area contributed by atoms with Gasteiger partial charge in [-0.1, -0.05) is 37.4 Å². The average Bonchev–Trinajstić information content (AvgIpc) is 3.16. The van der Waals surface area contributed by atoms with Crippen molar-refractivity contribution in [3.8, 4) is 11.8 Å². The van der Waals surface area contributed by atoms with Gasteiger partial charge in [0.1, 0.15) is 11.5 Å². The SMILES string of the molecule is CC(C)c1c(C#Cc2nc(Nc3ccc(C4CCN(C)CC4)cn3)ncc2Cl)cnn1C. The summed E-state index contributed by atoms with van der Waals surface area (Å²) in [5, 5.41) is 7.88. The topological polar surface area (TPSA) is 71.8 Å². The summed E-state index contributed by atoms with van der Waals surface area (Å²) in [6.07, 6.45) is 7.61. The van der Waals surface area contributed by atoms with Crippen LogP contribution in [-0.2, 0) is 7.05 Å². The van der Waals surface area contributed by atoms with Gasteiger partial charge in [0, 0.05) is 13.2 Å². The van der Waals surface area contributed by atoms with Crippen LogP contribution in [-0.4, -0.2) is 49.8 Å². The highest BCUT2D eigenvalue weighted by Gasteiger charge is 2.18. The lowest BCUT2D eigenvalue weighted by atomic mass is 9.91. The molecule has 1 aliphatic rings. The summed E-state index contributed by atoms with van der Waals surface area (Å²) < 4.78 is 1.85. The van der Waals surface area contributed by atoms with E-state index in [2.05, 4.69) is 69.1 Å². The predicted octanol–water partition coefficient (Wildman–Crippen LogP) is 4.33. The van der Waals surface area contributed by atoms with Gasteiger partial charge in [0.05, 0.1) is 28.7 Å². The van der Waals surface area contributed by atoms with Crippen LogP contribution < -0.4 is 5.32 Å². The Labute approximate surface area is 194 Å². The van der Waals surface area contributed by atoms with Crippen molar-refractivity contribution in [1.82, 2.24) is 29.6 Å². The van der Waals surface area contributed by atoms with Gasteiger partial charge >= 0.3 is 0 Å². The van der Waals surface area contributed by atoms with Crippen LogP contribution in [0.15, 0.2) is 30.7 Å². The lowest BCUT2D eigenvalue weighted by molar-refractivity contribution is 0.255. The van der Waals surface area contributed by atoms with E-state index in [1.165, 1.54) is 18.4 Å². The Hall–Kier alpha value is -2.95. The first-order valence-electron chi connectivity index (χ1n) is 10.9. The van der Waals surface area contributed by atoms with Crippen LogP contribution >= 0.6 is 11.6 Å². The molecule has 7 nitrogen and oxygen atoms in total. The van der Waals surface area contributed by atoms with E-state index in [1.54, 1.807) is 12.4 Å². The van der Waals surface area contributed by atoms with Crippen molar-refractivity contribution in [2.75, 3.05) is 25.5 Å². The number of halogens is 1. The largest absolute Gasteiger partial charge is 0.309 e. The van der Waals surface area contributed by atoms with Crippen molar-refractivity contribution in [2.24, 2.45) is 7.05 Å². The van der Waals surface area contributed by atoms with E-state index in [9.17, 15) is 0 Å². The standard InChI is InChI=1S/C24H28ClN7/c1-16(2)23-19(14-28-32(23)4)5-7-21-20(25)15-27-24(29-21)30-22-8-6-18(13-26-22)17-9-11-31(3)12-10-17/h6,8,13-17H,9-12H2,1-4H3,(H,26,27,29,30). The number of hydrogen-bond donors (Lipinski definition) is 1. The highest BCUT2D eigenvalue weighted by atomic mass is 35.5. The minimum absolute atomic E-state index is 0.313. The van der Waals surface area contributed by atoms with Crippen molar-refractivity contribution >= 4 is 23.4 Å². The molecular formula is C24H28ClN7. The molecule has 3 aromatic rings. The summed E-state index contributed by atoms with van der Waals surface area (Å²) in [7, 11) is 4.09. The van der Waals surface area contributed by atoms with Crippen LogP contribution in [0.2, 0.25) is 5.02 Å². The zero-order chi connectivity index (χ0) is 22.7. The number of aryl methyl sites for hydroxylation is 1. The summed E-state index contributed by atoms with van der Waals surface area (Å²) in [5.41, 5.74) is 3.70. The summed E-state index contributed by atoms with van der Waals surface area (Å²) >= 11 is 6.29. The fourth-order valence-electron chi connectivity index (χ4n) is 4.05. The maximum absolute atomic E-state index is 6.29. The molecule has 0 saturated carbocycles. The van der Waals surface area contributed by atoms with E-state index in [1.807, 2.05) is 24.0 Å². The minimum atomic E-state index is 0.313. The Morgan fingerprint density at radius 3 is 2.53 bits per heavy atom. The summed E-state index contributed by atoms with van der Waals surface area (Å²) in [4.78, 5) is 15.7. The third-order valence-electron chi connectivity index (χ3n) is 5.81. The second kappa shape index (κ2) is 9.68. The monoisotopic (exact) mass is 449 g/mol. The number of piperidine rings is 1. The molecule has 0 spiro atoms. The molecule has 0 radical (unpaired) electrons. The van der Waals surface area contributed by atoms with Crippen molar-refractivity contribution in [3.05, 3.63) is 58.3 Å². The zero-order valence-electron chi connectivity index (χ0n) is 18.9. The number of hydrogen-bond acceptors (Lipinski definition) is 6. The molecule has 0 aliphatic carbocycles. The van der Waals surface area contributed by atoms with E-state index in [0.717, 1.165) is 24.3 Å². The molecule has 0 aromatic carbocycles. The molecule has 8 heteroatoms. The summed E-state index contributed by atoms with van der Waals surface area (Å²) in [5.74, 6) is 8.21. The predicted molar refractivity (Wildman–Crippen MR) is 127 cm³/mol. The molecule has 32 heavy (non-hydrogen) atoms. The van der Waals surface area contributed by atoms with E-state index in [4.69, 9.17) is 11.6 Å². The number of pyridine rings is 1. The molecule has 166 valence electrons. The van der Waals surface area contributed by atoms with Gasteiger partial charge in [-0.3, -0.25) is 4.68 Å². The van der Waals surface area contributed by atoms with Crippen LogP contribution in [0, 0.1) is 11.8 Å². The third-order valence-corrected chi connectivity index (χ3v) is 6.08. The average molecular weight is 450 g/mol. The van der Waals surface area contributed by atoms with E-state index >= 15 is 0 Å². The molecule has 3 aromatic heterocycles. The second-order valence-corrected chi connectivity index (χ2v) is 8.95. The maximum atomic E-state index is 6.29. The molecule has 1 N–H and O–H groups in total. The highest BCUT2D eigenvalue weighted by Crippen LogP contribution is 2.27. The summed E-state index contributed by atoms with van der Waals surface area (Å²) in [6, 6.07) is 4.11. The zero-order valence-corrected chi connectivity index (χ0v) is 19.7. The molecule has 1 saturated heterocycles. The molecule has 1 aliphatic heterocycles. The van der Waals surface area contributed by atoms with Gasteiger partial charge in [-0.15, -0.1) is 0 Å². The van der Waals surface area contributed by atoms with Crippen molar-refractivity contribution in [2.45, 2.75) is 38.5 Å². The van der Waals surface area contributed by atoms with Gasteiger partial charge in [0.2, 0.25) is 5.95 Å². The lowest BCUT2D eigenvalue weighted by Gasteiger charge is -2.29. The molecule has 0 amide bonds. The van der Waals surface area contributed by atoms with Gasteiger partial charge in [0.25, 0.3) is 0 Å². The molecule has 4 heterocycles. The van der Waals surface area contributed by atoms with E-state index in [0.29, 0.717) is 34.3 Å². The fraction of sp³-hybridized carbons (Fsp3) is 0.417. The number of nitrogens with zero attached hydrogens (tertiary/aromatic N) is 6. The number of nitrogens with one attached hydrogen (secondary N) is 1. The normalized spacial score (nSPS) is 14.9. The number of aromatic nitrogens is 5. The van der Waals surface area contributed by atoms with E-state index in [-0.39, 0.29) is 0 Å². The Bertz CT molecular complexity index is 1130. The first-order valence-corrected chi connectivity index (χ1v) is 11.3. The Morgan fingerprint density at radius 2 is 1.84 bits per heavy atom. The van der Waals surface area contributed by atoms with E-state index < -0.39 is 0 Å². The quantitative estimate of drug-likeness (QED) is 0.597. The molecule has 0 unspecified atom stereocenters. The molecular weight excluding hydrogens is 422 g/mol. The van der Waals surface area contributed by atoms with Crippen LogP contribution in [0.1, 0.15) is 61.0 Å². The van der Waals surface area contributed by atoms with Gasteiger partial charge in [0.15, 0.2) is 0 Å². The van der Waals surface area contributed by atoms with Gasteiger partial charge in [-0.05, 0) is 62.4 Å². The van der Waals surface area contributed by atoms with Crippen LogP contribution in [0.3, 0.4) is 0 Å². The Morgan fingerprint density at radius 1 is 1.06 bits per heavy atom. The molecule has 4 rings (SSSR count). The molecule has 0 bridgehead atoms. The maximum Gasteiger partial charge on any atom is 0.229 e. The minimum Gasteiger partial charge on any atom is -0.309 e. The smallest absolute Gasteiger partial charge is 0.229 e. The molecule has 0 atom stereocenters. The Balaban J connectivity index is 1.49. The van der Waals surface area contributed by atoms with Crippen molar-refractivity contribution in [3.63, 3.8) is 0 Å². The van der Waals surface area contributed by atoms with Crippen LogP contribution in [0.4, 0.5) is 11.8 Å². The van der Waals surface area contributed by atoms with Crippen molar-refractivity contribution < 1.29 is 0 Å². The van der Waals surface area contributed by atoms with Gasteiger partial charge in [-0.2, -0.15) is 5.10 Å².